The number of imide groups is 1. The van der Waals surface area contributed by atoms with Crippen LogP contribution in [0.2, 0.25) is 0 Å². The van der Waals surface area contributed by atoms with Crippen LogP contribution in [0.15, 0.2) is 48.5 Å². The number of aryl methyl sites for hydroxylation is 1. The van der Waals surface area contributed by atoms with Crippen molar-refractivity contribution in [3.63, 3.8) is 0 Å². The molecule has 1 aliphatic rings. The van der Waals surface area contributed by atoms with Crippen molar-refractivity contribution in [2.75, 3.05) is 6.54 Å². The molecule has 2 aromatic rings. The summed E-state index contributed by atoms with van der Waals surface area (Å²) in [4.78, 5) is 38.6. The number of urea groups is 1. The summed E-state index contributed by atoms with van der Waals surface area (Å²) < 4.78 is 5.59. The molecule has 2 aromatic carbocycles. The number of hydrogen-bond donors (Lipinski definition) is 2. The highest BCUT2D eigenvalue weighted by Gasteiger charge is 2.49. The minimum Gasteiger partial charge on any atom is -0.491 e. The molecule has 1 atom stereocenters. The molecule has 0 bridgehead atoms. The zero-order chi connectivity index (χ0) is 21.9. The van der Waals surface area contributed by atoms with Gasteiger partial charge in [0.1, 0.15) is 17.8 Å². The minimum absolute atomic E-state index is 0.0882. The first kappa shape index (κ1) is 21.4. The number of nitrogens with zero attached hydrogens (tertiary/aromatic N) is 1. The van der Waals surface area contributed by atoms with Crippen LogP contribution in [0.5, 0.6) is 5.75 Å². The number of benzene rings is 2. The van der Waals surface area contributed by atoms with Gasteiger partial charge in [0.15, 0.2) is 0 Å². The highest BCUT2D eigenvalue weighted by molar-refractivity contribution is 6.09. The van der Waals surface area contributed by atoms with Crippen molar-refractivity contribution in [1.29, 1.82) is 0 Å². The van der Waals surface area contributed by atoms with Gasteiger partial charge in [0.2, 0.25) is 5.91 Å². The van der Waals surface area contributed by atoms with Gasteiger partial charge < -0.3 is 15.4 Å². The zero-order valence-electron chi connectivity index (χ0n) is 17.7. The van der Waals surface area contributed by atoms with E-state index in [1.54, 1.807) is 6.92 Å². The topological polar surface area (TPSA) is 87.7 Å². The minimum atomic E-state index is -1.18. The summed E-state index contributed by atoms with van der Waals surface area (Å²) in [6.07, 6.45) is 0.0882. The monoisotopic (exact) mass is 409 g/mol. The predicted octanol–water partition coefficient (Wildman–Crippen LogP) is 2.87. The van der Waals surface area contributed by atoms with Gasteiger partial charge >= 0.3 is 6.03 Å². The van der Waals surface area contributed by atoms with Crippen LogP contribution in [0.3, 0.4) is 0 Å². The zero-order valence-corrected chi connectivity index (χ0v) is 17.7. The SMILES string of the molecule is Cc1ccc(C2(C)NC(=O)N(CC(=O)NCc3ccc(OC(C)C)cc3)C2=O)cc1. The number of amides is 4. The van der Waals surface area contributed by atoms with Gasteiger partial charge in [-0.1, -0.05) is 42.0 Å². The van der Waals surface area contributed by atoms with Crippen LogP contribution in [0, 0.1) is 6.92 Å². The fourth-order valence-corrected chi connectivity index (χ4v) is 3.28. The van der Waals surface area contributed by atoms with Crippen molar-refractivity contribution in [2.45, 2.75) is 45.9 Å². The molecule has 1 unspecified atom stereocenters. The van der Waals surface area contributed by atoms with E-state index in [1.165, 1.54) is 0 Å². The normalized spacial score (nSPS) is 18.5. The Bertz CT molecular complexity index is 938. The van der Waals surface area contributed by atoms with E-state index in [0.29, 0.717) is 12.1 Å². The summed E-state index contributed by atoms with van der Waals surface area (Å²) in [5.74, 6) is -0.0920. The summed E-state index contributed by atoms with van der Waals surface area (Å²) in [6.45, 7) is 7.46. The molecule has 4 amide bonds. The molecule has 0 aliphatic carbocycles. The van der Waals surface area contributed by atoms with E-state index in [2.05, 4.69) is 10.6 Å². The first-order chi connectivity index (χ1) is 14.2. The van der Waals surface area contributed by atoms with E-state index < -0.39 is 23.4 Å². The molecule has 158 valence electrons. The maximum atomic E-state index is 12.9. The molecule has 1 fully saturated rings. The van der Waals surface area contributed by atoms with Gasteiger partial charge in [-0.25, -0.2) is 4.79 Å². The molecule has 1 saturated heterocycles. The lowest BCUT2D eigenvalue weighted by atomic mass is 9.91. The second-order valence-electron chi connectivity index (χ2n) is 7.90. The van der Waals surface area contributed by atoms with Crippen LogP contribution in [0.1, 0.15) is 37.5 Å². The Labute approximate surface area is 176 Å². The summed E-state index contributed by atoms with van der Waals surface area (Å²) in [5.41, 5.74) is 1.44. The van der Waals surface area contributed by atoms with Gasteiger partial charge in [0, 0.05) is 6.54 Å². The summed E-state index contributed by atoms with van der Waals surface area (Å²) in [5, 5.41) is 5.46. The molecule has 0 saturated carbocycles. The van der Waals surface area contributed by atoms with Gasteiger partial charge in [-0.15, -0.1) is 0 Å². The second-order valence-corrected chi connectivity index (χ2v) is 7.90. The first-order valence-electron chi connectivity index (χ1n) is 9.92. The maximum absolute atomic E-state index is 12.9. The summed E-state index contributed by atoms with van der Waals surface area (Å²) in [6, 6.07) is 14.2. The van der Waals surface area contributed by atoms with Gasteiger partial charge in [0.25, 0.3) is 5.91 Å². The van der Waals surface area contributed by atoms with Crippen LogP contribution in [0.25, 0.3) is 0 Å². The number of carbonyl (C=O) groups is 3. The van der Waals surface area contributed by atoms with E-state index in [1.807, 2.05) is 69.3 Å². The molecule has 1 heterocycles. The largest absolute Gasteiger partial charge is 0.491 e. The third-order valence-corrected chi connectivity index (χ3v) is 4.99. The van der Waals surface area contributed by atoms with Crippen LogP contribution in [-0.4, -0.2) is 35.4 Å². The molecular weight excluding hydrogens is 382 g/mol. The third-order valence-electron chi connectivity index (χ3n) is 4.99. The Hall–Kier alpha value is -3.35. The fraction of sp³-hybridized carbons (Fsp3) is 0.348. The van der Waals surface area contributed by atoms with E-state index in [0.717, 1.165) is 21.8 Å². The van der Waals surface area contributed by atoms with Crippen molar-refractivity contribution in [2.24, 2.45) is 0 Å². The van der Waals surface area contributed by atoms with Crippen molar-refractivity contribution < 1.29 is 19.1 Å². The number of ether oxygens (including phenoxy) is 1. The molecule has 3 rings (SSSR count). The summed E-state index contributed by atoms with van der Waals surface area (Å²) in [7, 11) is 0. The van der Waals surface area contributed by atoms with Crippen molar-refractivity contribution in [3.05, 3.63) is 65.2 Å². The predicted molar refractivity (Wildman–Crippen MR) is 113 cm³/mol. The standard InChI is InChI=1S/C23H27N3O4/c1-15(2)30-19-11-7-17(8-12-19)13-24-20(27)14-26-21(28)23(4,25-22(26)29)18-9-5-16(3)6-10-18/h5-12,15H,13-14H2,1-4H3,(H,24,27)(H,25,29). The lowest BCUT2D eigenvalue weighted by Crippen LogP contribution is -2.43. The Morgan fingerprint density at radius 1 is 1.10 bits per heavy atom. The highest BCUT2D eigenvalue weighted by Crippen LogP contribution is 2.28. The maximum Gasteiger partial charge on any atom is 0.325 e. The van der Waals surface area contributed by atoms with Crippen LogP contribution in [0.4, 0.5) is 4.79 Å². The van der Waals surface area contributed by atoms with E-state index in [4.69, 9.17) is 4.74 Å². The smallest absolute Gasteiger partial charge is 0.325 e. The Morgan fingerprint density at radius 2 is 1.73 bits per heavy atom. The Kier molecular flexibility index (Phi) is 6.10. The van der Waals surface area contributed by atoms with Crippen LogP contribution in [-0.2, 0) is 21.7 Å². The average Bonchev–Trinajstić information content (AvgIpc) is 2.91. The van der Waals surface area contributed by atoms with Gasteiger partial charge in [0.05, 0.1) is 6.10 Å². The highest BCUT2D eigenvalue weighted by atomic mass is 16.5. The average molecular weight is 409 g/mol. The Morgan fingerprint density at radius 3 is 2.33 bits per heavy atom. The lowest BCUT2D eigenvalue weighted by molar-refractivity contribution is -0.134. The van der Waals surface area contributed by atoms with Crippen molar-refractivity contribution in [1.82, 2.24) is 15.5 Å². The summed E-state index contributed by atoms with van der Waals surface area (Å²) >= 11 is 0. The lowest BCUT2D eigenvalue weighted by Gasteiger charge is -2.22. The van der Waals surface area contributed by atoms with E-state index >= 15 is 0 Å². The molecule has 1 aliphatic heterocycles. The molecule has 0 aromatic heterocycles. The molecule has 7 heteroatoms. The van der Waals surface area contributed by atoms with Crippen LogP contribution < -0.4 is 15.4 Å². The molecule has 0 spiro atoms. The molecule has 7 nitrogen and oxygen atoms in total. The van der Waals surface area contributed by atoms with E-state index in [-0.39, 0.29) is 12.6 Å². The number of hydrogen-bond acceptors (Lipinski definition) is 4. The van der Waals surface area contributed by atoms with Crippen molar-refractivity contribution in [3.8, 4) is 5.75 Å². The quantitative estimate of drug-likeness (QED) is 0.689. The third kappa shape index (κ3) is 4.62. The molecule has 30 heavy (non-hydrogen) atoms. The van der Waals surface area contributed by atoms with Gasteiger partial charge in [-0.2, -0.15) is 0 Å². The van der Waals surface area contributed by atoms with Crippen LogP contribution >= 0.6 is 0 Å². The second kappa shape index (κ2) is 8.57. The number of rotatable bonds is 7. The molecule has 0 radical (unpaired) electrons. The van der Waals surface area contributed by atoms with Crippen molar-refractivity contribution >= 4 is 17.8 Å². The fourth-order valence-electron chi connectivity index (χ4n) is 3.28. The van der Waals surface area contributed by atoms with E-state index in [9.17, 15) is 14.4 Å². The first-order valence-corrected chi connectivity index (χ1v) is 9.92. The number of carbonyl (C=O) groups excluding carboxylic acids is 3. The van der Waals surface area contributed by atoms with Gasteiger partial charge in [-0.3, -0.25) is 14.5 Å². The number of nitrogens with one attached hydrogen (secondary N) is 2. The molecular formula is C23H27N3O4. The Balaban J connectivity index is 1.59. The van der Waals surface area contributed by atoms with Gasteiger partial charge in [-0.05, 0) is 51.0 Å². The molecule has 2 N–H and O–H groups in total.